The lowest BCUT2D eigenvalue weighted by Gasteiger charge is -2.06. The molecule has 0 radical (unpaired) electrons. The molecule has 0 aliphatic heterocycles. The zero-order valence-corrected chi connectivity index (χ0v) is 13.4. The van der Waals surface area contributed by atoms with E-state index in [-0.39, 0.29) is 5.91 Å². The number of benzene rings is 2. The minimum absolute atomic E-state index is 0.184. The number of nitrogens with one attached hydrogen (secondary N) is 1. The summed E-state index contributed by atoms with van der Waals surface area (Å²) in [7, 11) is 1.59. The lowest BCUT2D eigenvalue weighted by molar-refractivity contribution is 0.102. The van der Waals surface area contributed by atoms with Crippen molar-refractivity contribution in [3.63, 3.8) is 0 Å². The molecule has 0 aliphatic rings. The summed E-state index contributed by atoms with van der Waals surface area (Å²) in [5.74, 6) is 1.67. The van der Waals surface area contributed by atoms with E-state index in [1.807, 2.05) is 19.1 Å². The maximum absolute atomic E-state index is 12.2. The average Bonchev–Trinajstić information content (AvgIpc) is 3.11. The Morgan fingerprint density at radius 3 is 2.42 bits per heavy atom. The van der Waals surface area contributed by atoms with Gasteiger partial charge in [-0.05, 0) is 48.5 Å². The molecule has 0 saturated heterocycles. The molecule has 6 heteroatoms. The van der Waals surface area contributed by atoms with Gasteiger partial charge in [-0.15, -0.1) is 0 Å². The predicted octanol–water partition coefficient (Wildman–Crippen LogP) is 3.56. The molecule has 0 saturated carbocycles. The minimum Gasteiger partial charge on any atom is -0.497 e. The Morgan fingerprint density at radius 2 is 1.83 bits per heavy atom. The lowest BCUT2D eigenvalue weighted by Crippen LogP contribution is -2.11. The number of nitrogens with zero attached hydrogens (tertiary/aromatic N) is 2. The van der Waals surface area contributed by atoms with Crippen LogP contribution in [0, 0.1) is 0 Å². The highest BCUT2D eigenvalue weighted by molar-refractivity contribution is 6.04. The fourth-order valence-electron chi connectivity index (χ4n) is 2.16. The molecule has 0 atom stereocenters. The van der Waals surface area contributed by atoms with Crippen LogP contribution in [0.4, 0.5) is 5.69 Å². The number of methoxy groups -OCH3 is 1. The second-order valence-corrected chi connectivity index (χ2v) is 5.13. The van der Waals surface area contributed by atoms with Gasteiger partial charge < -0.3 is 14.6 Å². The Balaban J connectivity index is 1.70. The summed E-state index contributed by atoms with van der Waals surface area (Å²) in [6.07, 6.45) is 0.722. The Morgan fingerprint density at radius 1 is 1.12 bits per heavy atom. The summed E-state index contributed by atoms with van der Waals surface area (Å²) in [4.78, 5) is 16.5. The van der Waals surface area contributed by atoms with E-state index in [1.54, 1.807) is 43.5 Å². The van der Waals surface area contributed by atoms with Crippen LogP contribution in [0.1, 0.15) is 23.1 Å². The summed E-state index contributed by atoms with van der Waals surface area (Å²) in [6.45, 7) is 1.96. The molecule has 122 valence electrons. The Labute approximate surface area is 139 Å². The molecule has 0 unspecified atom stereocenters. The highest BCUT2D eigenvalue weighted by atomic mass is 16.5. The first-order chi connectivity index (χ1) is 11.7. The molecule has 0 spiro atoms. The molecular formula is C18H17N3O3. The number of aryl methyl sites for hydroxylation is 1. The van der Waals surface area contributed by atoms with Crippen LogP contribution in [0.3, 0.4) is 0 Å². The maximum atomic E-state index is 12.2. The van der Waals surface area contributed by atoms with Gasteiger partial charge in [0, 0.05) is 23.2 Å². The quantitative estimate of drug-likeness (QED) is 0.777. The smallest absolute Gasteiger partial charge is 0.257 e. The monoisotopic (exact) mass is 323 g/mol. The molecule has 1 aromatic heterocycles. The molecule has 3 rings (SSSR count). The van der Waals surface area contributed by atoms with Crippen LogP contribution in [-0.2, 0) is 6.42 Å². The van der Waals surface area contributed by atoms with Crippen molar-refractivity contribution in [3.8, 4) is 17.2 Å². The first-order valence-corrected chi connectivity index (χ1v) is 7.58. The zero-order valence-electron chi connectivity index (χ0n) is 13.4. The highest BCUT2D eigenvalue weighted by Crippen LogP contribution is 2.20. The second kappa shape index (κ2) is 6.95. The summed E-state index contributed by atoms with van der Waals surface area (Å²) >= 11 is 0. The van der Waals surface area contributed by atoms with Gasteiger partial charge in [0.25, 0.3) is 11.8 Å². The minimum atomic E-state index is -0.184. The van der Waals surface area contributed by atoms with Crippen molar-refractivity contribution in [2.75, 3.05) is 12.4 Å². The average molecular weight is 323 g/mol. The normalized spacial score (nSPS) is 10.4. The van der Waals surface area contributed by atoms with Gasteiger partial charge in [0.1, 0.15) is 5.75 Å². The number of amides is 1. The molecule has 1 heterocycles. The van der Waals surface area contributed by atoms with E-state index in [2.05, 4.69) is 15.5 Å². The molecular weight excluding hydrogens is 306 g/mol. The molecule has 1 N–H and O–H groups in total. The zero-order chi connectivity index (χ0) is 16.9. The molecule has 2 aromatic carbocycles. The largest absolute Gasteiger partial charge is 0.497 e. The van der Waals surface area contributed by atoms with E-state index < -0.39 is 0 Å². The molecule has 24 heavy (non-hydrogen) atoms. The summed E-state index contributed by atoms with van der Waals surface area (Å²) in [6, 6.07) is 14.2. The molecule has 0 fully saturated rings. The van der Waals surface area contributed by atoms with Gasteiger partial charge in [-0.1, -0.05) is 12.1 Å². The number of hydrogen-bond donors (Lipinski definition) is 1. The van der Waals surface area contributed by atoms with Gasteiger partial charge in [-0.25, -0.2) is 0 Å². The standard InChI is InChI=1S/C18H17N3O3/c1-3-16-20-18(24-21-16)13-4-8-14(9-5-13)19-17(22)12-6-10-15(23-2)11-7-12/h4-11H,3H2,1-2H3,(H,19,22). The first-order valence-electron chi connectivity index (χ1n) is 7.58. The van der Waals surface area contributed by atoms with Crippen LogP contribution in [0.2, 0.25) is 0 Å². The van der Waals surface area contributed by atoms with Crippen molar-refractivity contribution in [2.45, 2.75) is 13.3 Å². The summed E-state index contributed by atoms with van der Waals surface area (Å²) in [5.41, 5.74) is 2.06. The van der Waals surface area contributed by atoms with Crippen molar-refractivity contribution >= 4 is 11.6 Å². The Kier molecular flexibility index (Phi) is 4.56. The van der Waals surface area contributed by atoms with E-state index in [1.165, 1.54) is 0 Å². The summed E-state index contributed by atoms with van der Waals surface area (Å²) in [5, 5.41) is 6.71. The van der Waals surface area contributed by atoms with Gasteiger partial charge in [0.15, 0.2) is 5.82 Å². The topological polar surface area (TPSA) is 77.2 Å². The molecule has 1 amide bonds. The predicted molar refractivity (Wildman–Crippen MR) is 90.1 cm³/mol. The second-order valence-electron chi connectivity index (χ2n) is 5.13. The van der Waals surface area contributed by atoms with Gasteiger partial charge in [0.2, 0.25) is 0 Å². The molecule has 0 bridgehead atoms. The number of ether oxygens (including phenoxy) is 1. The number of carbonyl (C=O) groups is 1. The van der Waals surface area contributed by atoms with Crippen molar-refractivity contribution in [1.82, 2.24) is 10.1 Å². The van der Waals surface area contributed by atoms with Crippen molar-refractivity contribution in [1.29, 1.82) is 0 Å². The van der Waals surface area contributed by atoms with E-state index in [9.17, 15) is 4.79 Å². The number of rotatable bonds is 5. The number of aromatic nitrogens is 2. The van der Waals surface area contributed by atoms with Gasteiger partial charge >= 0.3 is 0 Å². The maximum Gasteiger partial charge on any atom is 0.257 e. The van der Waals surface area contributed by atoms with E-state index in [4.69, 9.17) is 9.26 Å². The SMILES string of the molecule is CCc1noc(-c2ccc(NC(=O)c3ccc(OC)cc3)cc2)n1. The number of anilines is 1. The van der Waals surface area contributed by atoms with Crippen LogP contribution in [-0.4, -0.2) is 23.2 Å². The fourth-order valence-corrected chi connectivity index (χ4v) is 2.16. The molecule has 6 nitrogen and oxygen atoms in total. The Hall–Kier alpha value is -3.15. The van der Waals surface area contributed by atoms with Crippen LogP contribution in [0.5, 0.6) is 5.75 Å². The third-order valence-electron chi connectivity index (χ3n) is 3.53. The van der Waals surface area contributed by atoms with Crippen LogP contribution >= 0.6 is 0 Å². The molecule has 3 aromatic rings. The van der Waals surface area contributed by atoms with E-state index in [0.717, 1.165) is 12.0 Å². The molecule has 0 aliphatic carbocycles. The van der Waals surface area contributed by atoms with Crippen molar-refractivity contribution in [2.24, 2.45) is 0 Å². The van der Waals surface area contributed by atoms with E-state index in [0.29, 0.717) is 28.7 Å². The van der Waals surface area contributed by atoms with Crippen molar-refractivity contribution in [3.05, 3.63) is 59.9 Å². The van der Waals surface area contributed by atoms with Gasteiger partial charge in [0.05, 0.1) is 7.11 Å². The van der Waals surface area contributed by atoms with E-state index >= 15 is 0 Å². The fraction of sp³-hybridized carbons (Fsp3) is 0.167. The third kappa shape index (κ3) is 3.43. The number of hydrogen-bond acceptors (Lipinski definition) is 5. The number of carbonyl (C=O) groups excluding carboxylic acids is 1. The summed E-state index contributed by atoms with van der Waals surface area (Å²) < 4.78 is 10.3. The van der Waals surface area contributed by atoms with Crippen molar-refractivity contribution < 1.29 is 14.1 Å². The highest BCUT2D eigenvalue weighted by Gasteiger charge is 2.09. The first kappa shape index (κ1) is 15.7. The van der Waals surface area contributed by atoms with Crippen LogP contribution < -0.4 is 10.1 Å². The Bertz CT molecular complexity index is 823. The van der Waals surface area contributed by atoms with Gasteiger partial charge in [-0.2, -0.15) is 4.98 Å². The van der Waals surface area contributed by atoms with Gasteiger partial charge in [-0.3, -0.25) is 4.79 Å². The third-order valence-corrected chi connectivity index (χ3v) is 3.53. The van der Waals surface area contributed by atoms with Crippen LogP contribution in [0.15, 0.2) is 53.1 Å². The lowest BCUT2D eigenvalue weighted by atomic mass is 10.1. The van der Waals surface area contributed by atoms with Crippen LogP contribution in [0.25, 0.3) is 11.5 Å².